The summed E-state index contributed by atoms with van der Waals surface area (Å²) in [4.78, 5) is 56.6. The first-order chi connectivity index (χ1) is 12.1. The first-order valence-corrected chi connectivity index (χ1v) is 8.99. The predicted octanol–water partition coefficient (Wildman–Crippen LogP) is -1.54. The van der Waals surface area contributed by atoms with Crippen LogP contribution in [0.4, 0.5) is 0 Å². The molecule has 0 fully saturated rings. The number of aliphatic carboxylic acids is 3. The number of carboxylic acids is 3. The molecule has 12 heteroatoms. The molecule has 0 unspecified atom stereocenters. The van der Waals surface area contributed by atoms with Gasteiger partial charge in [-0.05, 0) is 24.9 Å². The molecule has 0 aromatic carbocycles. The Hall–Kier alpha value is -2.34. The van der Waals surface area contributed by atoms with Crippen LogP contribution in [0.2, 0.25) is 0 Å². The van der Waals surface area contributed by atoms with Gasteiger partial charge in [0, 0.05) is 6.42 Å². The monoisotopic (exact) mass is 393 g/mol. The molecule has 0 aromatic heterocycles. The second kappa shape index (κ2) is 12.1. The van der Waals surface area contributed by atoms with Crippen LogP contribution in [-0.2, 0) is 24.0 Å². The number of hydrogen-bond donors (Lipinski definition) is 6. The Bertz CT molecular complexity index is 542. The van der Waals surface area contributed by atoms with Gasteiger partial charge < -0.3 is 31.7 Å². The number of carboxylic acid groups (broad SMARTS) is 3. The fourth-order valence-corrected chi connectivity index (χ4v) is 2.33. The first-order valence-electron chi connectivity index (χ1n) is 7.60. The van der Waals surface area contributed by atoms with Gasteiger partial charge in [0.25, 0.3) is 0 Å². The smallest absolute Gasteiger partial charge is 0.326 e. The average molecular weight is 393 g/mol. The number of carbonyl (C=O) groups excluding carboxylic acids is 2. The van der Waals surface area contributed by atoms with Crippen LogP contribution in [0, 0.1) is 0 Å². The lowest BCUT2D eigenvalue weighted by Gasteiger charge is -2.22. The van der Waals surface area contributed by atoms with E-state index in [4.69, 9.17) is 21.1 Å². The Morgan fingerprint density at radius 1 is 0.923 bits per heavy atom. The molecular formula is C14H23N3O8S. The lowest BCUT2D eigenvalue weighted by Crippen LogP contribution is -2.54. The number of carbonyl (C=O) groups is 5. The summed E-state index contributed by atoms with van der Waals surface area (Å²) >= 11 is 1.47. The van der Waals surface area contributed by atoms with Gasteiger partial charge in [-0.15, -0.1) is 0 Å². The van der Waals surface area contributed by atoms with E-state index in [2.05, 4.69) is 5.32 Å². The van der Waals surface area contributed by atoms with E-state index in [9.17, 15) is 24.0 Å². The summed E-state index contributed by atoms with van der Waals surface area (Å²) < 4.78 is 0. The van der Waals surface area contributed by atoms with Crippen molar-refractivity contribution in [1.29, 1.82) is 0 Å². The van der Waals surface area contributed by atoms with E-state index in [1.165, 1.54) is 11.8 Å². The highest BCUT2D eigenvalue weighted by atomic mass is 32.2. The van der Waals surface area contributed by atoms with E-state index >= 15 is 0 Å². The van der Waals surface area contributed by atoms with Crippen LogP contribution in [-0.4, -0.2) is 75.2 Å². The molecule has 0 spiro atoms. The lowest BCUT2D eigenvalue weighted by molar-refractivity contribution is -0.147. The zero-order valence-corrected chi connectivity index (χ0v) is 15.0. The second-order valence-electron chi connectivity index (χ2n) is 5.38. The first kappa shape index (κ1) is 23.7. The van der Waals surface area contributed by atoms with Gasteiger partial charge in [0.1, 0.15) is 12.1 Å². The average Bonchev–Trinajstić information content (AvgIpc) is 2.54. The largest absolute Gasteiger partial charge is 0.481 e. The standard InChI is InChI=1S/C14H23N3O8S/c1-26-5-4-7(15)12(22)16-8(2-3-10(18)19)13(23)17-9(14(24)25)6-11(20)21/h7-9H,2-6,15H2,1H3,(H,16,22)(H,17,23)(H,18,19)(H,20,21)(H,24,25)/t7-,8-,9-/m0/s1. The summed E-state index contributed by atoms with van der Waals surface area (Å²) in [5, 5.41) is 30.7. The number of nitrogens with one attached hydrogen (secondary N) is 2. The number of nitrogens with two attached hydrogens (primary N) is 1. The van der Waals surface area contributed by atoms with Crippen LogP contribution in [0.1, 0.15) is 25.7 Å². The molecule has 0 aliphatic rings. The summed E-state index contributed by atoms with van der Waals surface area (Å²) in [6, 6.07) is -3.99. The van der Waals surface area contributed by atoms with Gasteiger partial charge >= 0.3 is 17.9 Å². The van der Waals surface area contributed by atoms with E-state index in [-0.39, 0.29) is 6.42 Å². The van der Waals surface area contributed by atoms with Crippen molar-refractivity contribution in [2.75, 3.05) is 12.0 Å². The maximum atomic E-state index is 12.2. The molecule has 7 N–H and O–H groups in total. The van der Waals surface area contributed by atoms with Crippen molar-refractivity contribution in [2.24, 2.45) is 5.73 Å². The Balaban J connectivity index is 5.05. The van der Waals surface area contributed by atoms with Crippen LogP contribution in [0.25, 0.3) is 0 Å². The summed E-state index contributed by atoms with van der Waals surface area (Å²) in [6.07, 6.45) is 0.518. The molecule has 26 heavy (non-hydrogen) atoms. The molecule has 11 nitrogen and oxygen atoms in total. The minimum atomic E-state index is -1.71. The van der Waals surface area contributed by atoms with E-state index in [0.29, 0.717) is 12.2 Å². The van der Waals surface area contributed by atoms with Crippen molar-refractivity contribution in [2.45, 2.75) is 43.8 Å². The molecule has 0 bridgehead atoms. The molecule has 0 aliphatic heterocycles. The number of hydrogen-bond acceptors (Lipinski definition) is 7. The number of thioether (sulfide) groups is 1. The molecule has 0 radical (unpaired) electrons. The normalized spacial score (nSPS) is 13.9. The van der Waals surface area contributed by atoms with Gasteiger partial charge in [-0.2, -0.15) is 11.8 Å². The van der Waals surface area contributed by atoms with Crippen molar-refractivity contribution in [1.82, 2.24) is 10.6 Å². The molecule has 0 heterocycles. The van der Waals surface area contributed by atoms with Crippen molar-refractivity contribution in [3.63, 3.8) is 0 Å². The minimum Gasteiger partial charge on any atom is -0.481 e. The van der Waals surface area contributed by atoms with Crippen molar-refractivity contribution >= 4 is 41.5 Å². The second-order valence-corrected chi connectivity index (χ2v) is 6.36. The van der Waals surface area contributed by atoms with E-state index in [1.807, 2.05) is 11.6 Å². The SMILES string of the molecule is CSCC[C@H](N)C(=O)N[C@@H](CCC(=O)O)C(=O)N[C@@H](CC(=O)O)C(=O)O. The van der Waals surface area contributed by atoms with E-state index in [1.54, 1.807) is 0 Å². The van der Waals surface area contributed by atoms with E-state index < -0.39 is 60.7 Å². The molecule has 3 atom stereocenters. The highest BCUT2D eigenvalue weighted by molar-refractivity contribution is 7.98. The zero-order chi connectivity index (χ0) is 20.3. The lowest BCUT2D eigenvalue weighted by atomic mass is 10.1. The van der Waals surface area contributed by atoms with Gasteiger partial charge in [0.2, 0.25) is 11.8 Å². The third kappa shape index (κ3) is 9.84. The molecule has 0 saturated carbocycles. The van der Waals surface area contributed by atoms with Crippen molar-refractivity contribution in [3.05, 3.63) is 0 Å². The molecule has 0 saturated heterocycles. The highest BCUT2D eigenvalue weighted by Crippen LogP contribution is 2.04. The van der Waals surface area contributed by atoms with Crippen LogP contribution < -0.4 is 16.4 Å². The quantitative estimate of drug-likeness (QED) is 0.213. The Labute approximate surface area is 153 Å². The van der Waals surface area contributed by atoms with Crippen molar-refractivity contribution in [3.8, 4) is 0 Å². The van der Waals surface area contributed by atoms with Crippen LogP contribution in [0.3, 0.4) is 0 Å². The third-order valence-corrected chi connectivity index (χ3v) is 3.89. The Morgan fingerprint density at radius 2 is 1.50 bits per heavy atom. The topological polar surface area (TPSA) is 196 Å². The molecule has 148 valence electrons. The molecule has 0 aromatic rings. The molecular weight excluding hydrogens is 370 g/mol. The number of amides is 2. The van der Waals surface area contributed by atoms with Crippen LogP contribution in [0.15, 0.2) is 0 Å². The highest BCUT2D eigenvalue weighted by Gasteiger charge is 2.29. The van der Waals surface area contributed by atoms with Crippen LogP contribution >= 0.6 is 11.8 Å². The molecule has 0 aliphatic carbocycles. The van der Waals surface area contributed by atoms with E-state index in [0.717, 1.165) is 0 Å². The number of rotatable bonds is 13. The summed E-state index contributed by atoms with van der Waals surface area (Å²) in [5.74, 6) is -5.31. The third-order valence-electron chi connectivity index (χ3n) is 3.24. The Kier molecular flexibility index (Phi) is 11.0. The summed E-state index contributed by atoms with van der Waals surface area (Å²) in [7, 11) is 0. The molecule has 0 rings (SSSR count). The van der Waals surface area contributed by atoms with Gasteiger partial charge in [0.05, 0.1) is 12.5 Å². The van der Waals surface area contributed by atoms with Gasteiger partial charge in [-0.3, -0.25) is 19.2 Å². The van der Waals surface area contributed by atoms with Gasteiger partial charge in [-0.25, -0.2) is 4.79 Å². The zero-order valence-electron chi connectivity index (χ0n) is 14.1. The maximum absolute atomic E-state index is 12.2. The molecule has 2 amide bonds. The predicted molar refractivity (Wildman–Crippen MR) is 91.6 cm³/mol. The van der Waals surface area contributed by atoms with Crippen LogP contribution in [0.5, 0.6) is 0 Å². The Morgan fingerprint density at radius 3 is 1.96 bits per heavy atom. The summed E-state index contributed by atoms with van der Waals surface area (Å²) in [5.41, 5.74) is 5.68. The fourth-order valence-electron chi connectivity index (χ4n) is 1.84. The summed E-state index contributed by atoms with van der Waals surface area (Å²) in [6.45, 7) is 0. The van der Waals surface area contributed by atoms with Gasteiger partial charge in [-0.1, -0.05) is 0 Å². The maximum Gasteiger partial charge on any atom is 0.326 e. The van der Waals surface area contributed by atoms with Gasteiger partial charge in [0.15, 0.2) is 0 Å². The fraction of sp³-hybridized carbons (Fsp3) is 0.643. The minimum absolute atomic E-state index is 0.304. The van der Waals surface area contributed by atoms with Crippen molar-refractivity contribution < 1.29 is 39.3 Å².